The van der Waals surface area contributed by atoms with Crippen LogP contribution in [0.4, 0.5) is 4.79 Å². The summed E-state index contributed by atoms with van der Waals surface area (Å²) in [7, 11) is -0.378. The third-order valence-electron chi connectivity index (χ3n) is 12.1. The molecular formula is C49H49Cl4NO17Si. The number of nitrogens with zero attached hydrogens (tertiary/aromatic N) is 1. The van der Waals surface area contributed by atoms with Crippen molar-refractivity contribution in [2.24, 2.45) is 0 Å². The molecule has 384 valence electrons. The average molecular weight is 1090 g/mol. The Balaban J connectivity index is 1.25. The molecule has 0 spiro atoms. The molecule has 3 fully saturated rings. The van der Waals surface area contributed by atoms with Gasteiger partial charge in [0.1, 0.15) is 41.1 Å². The zero-order valence-corrected chi connectivity index (χ0v) is 43.4. The van der Waals surface area contributed by atoms with Gasteiger partial charge in [-0.2, -0.15) is 0 Å². The first-order valence-corrected chi connectivity index (χ1v) is 27.7. The highest BCUT2D eigenvalue weighted by Crippen LogP contribution is 2.48. The number of para-hydroxylation sites is 2. The third kappa shape index (κ3) is 11.1. The van der Waals surface area contributed by atoms with Crippen LogP contribution in [0.3, 0.4) is 0 Å². The second kappa shape index (κ2) is 21.9. The van der Waals surface area contributed by atoms with Gasteiger partial charge in [-0.25, -0.2) is 9.59 Å². The minimum atomic E-state index is -2.57. The molecule has 72 heavy (non-hydrogen) atoms. The van der Waals surface area contributed by atoms with Crippen molar-refractivity contribution in [3.63, 3.8) is 0 Å². The molecule has 8 rings (SSSR count). The number of hydrogen-bond donors (Lipinski definition) is 1. The minimum absolute atomic E-state index is 0.00883. The first-order chi connectivity index (χ1) is 34.2. The Morgan fingerprint density at radius 2 is 1.33 bits per heavy atom. The third-order valence-corrected chi connectivity index (χ3v) is 15.6. The Bertz CT molecular complexity index is 2630. The smallest absolute Gasteiger partial charge is 0.497 e. The monoisotopic (exact) mass is 1090 g/mol. The van der Waals surface area contributed by atoms with E-state index in [9.17, 15) is 29.1 Å². The van der Waals surface area contributed by atoms with Gasteiger partial charge in [0.15, 0.2) is 43.3 Å². The van der Waals surface area contributed by atoms with Gasteiger partial charge in [-0.3, -0.25) is 19.3 Å². The molecule has 4 heterocycles. The summed E-state index contributed by atoms with van der Waals surface area (Å²) >= 11 is 26.1. The number of imide groups is 1. The van der Waals surface area contributed by atoms with Crippen LogP contribution in [-0.2, 0) is 47.5 Å². The molecule has 11 atom stereocenters. The van der Waals surface area contributed by atoms with Crippen molar-refractivity contribution in [3.8, 4) is 17.2 Å². The van der Waals surface area contributed by atoms with Gasteiger partial charge < -0.3 is 57.2 Å². The Kier molecular flexibility index (Phi) is 16.3. The van der Waals surface area contributed by atoms with E-state index in [0.29, 0.717) is 22.3 Å². The molecule has 1 N–H and O–H groups in total. The number of esters is 2. The maximum Gasteiger partial charge on any atom is 0.514 e. The predicted octanol–water partition coefficient (Wildman–Crippen LogP) is 8.45. The van der Waals surface area contributed by atoms with Crippen molar-refractivity contribution in [1.29, 1.82) is 0 Å². The van der Waals surface area contributed by atoms with E-state index in [2.05, 4.69) is 19.6 Å². The number of fused-ring (bicyclic) bond motifs is 2. The molecule has 0 unspecified atom stereocenters. The maximum absolute atomic E-state index is 14.9. The number of ether oxygens (including phenoxy) is 11. The second-order valence-electron chi connectivity index (χ2n) is 18.5. The van der Waals surface area contributed by atoms with Gasteiger partial charge >= 0.3 is 18.1 Å². The van der Waals surface area contributed by atoms with Crippen LogP contribution in [-0.4, -0.2) is 129 Å². The molecule has 0 saturated carbocycles. The van der Waals surface area contributed by atoms with Crippen LogP contribution in [0.2, 0.25) is 45.8 Å². The van der Waals surface area contributed by atoms with Crippen LogP contribution in [0.1, 0.15) is 46.4 Å². The van der Waals surface area contributed by atoms with Crippen LogP contribution in [0, 0.1) is 0 Å². The highest BCUT2D eigenvalue weighted by molar-refractivity contribution is 6.76. The first-order valence-electron chi connectivity index (χ1n) is 22.5. The van der Waals surface area contributed by atoms with Gasteiger partial charge in [0.05, 0.1) is 44.9 Å². The largest absolute Gasteiger partial charge is 0.514 e. The van der Waals surface area contributed by atoms with Crippen molar-refractivity contribution in [2.75, 3.05) is 20.3 Å². The summed E-state index contributed by atoms with van der Waals surface area (Å²) in [6, 6.07) is 21.2. The molecule has 18 nitrogen and oxygen atoms in total. The summed E-state index contributed by atoms with van der Waals surface area (Å²) < 4.78 is 67.3. The van der Waals surface area contributed by atoms with Crippen molar-refractivity contribution >= 4 is 84.4 Å². The zero-order chi connectivity index (χ0) is 51.8. The second-order valence-corrected chi connectivity index (χ2v) is 25.6. The van der Waals surface area contributed by atoms with Crippen molar-refractivity contribution in [3.05, 3.63) is 122 Å². The maximum atomic E-state index is 14.9. The Labute approximate surface area is 434 Å². The van der Waals surface area contributed by atoms with E-state index in [0.717, 1.165) is 13.8 Å². The SMILES string of the molecule is COc1ccc([C@@H]2OC[C@H]3O[C@@H](O[C@H]4[C@H](OCC[Si](C)(C)C)O[C@H](C(=O)Oc5ccccc5)[C@@](C)(O)[C@@H]4OC(=O)Oc4ccccc4)[C@H](N4C(=O)c5c(Cl)c(Cl)c(Cl)c(Cl)c5C4=O)[C@@H](OC(C)=O)[C@@H]3O2)cc1. The molecule has 0 aliphatic carbocycles. The number of methoxy groups -OCH3 is 1. The fraction of sp³-hybridized carbons (Fsp3) is 0.408. The topological polar surface area (TPSA) is 210 Å². The van der Waals surface area contributed by atoms with Crippen molar-refractivity contribution in [1.82, 2.24) is 4.90 Å². The lowest BCUT2D eigenvalue weighted by atomic mass is 9.85. The van der Waals surface area contributed by atoms with Crippen LogP contribution in [0.25, 0.3) is 0 Å². The molecular weight excluding hydrogens is 1040 g/mol. The number of aliphatic hydroxyl groups is 1. The molecule has 0 aromatic heterocycles. The highest BCUT2D eigenvalue weighted by atomic mass is 35.5. The number of halogens is 4. The molecule has 4 aliphatic rings. The number of benzene rings is 4. The Morgan fingerprint density at radius 1 is 0.750 bits per heavy atom. The quantitative estimate of drug-likeness (QED) is 0.0239. The van der Waals surface area contributed by atoms with Gasteiger partial charge in [-0.15, -0.1) is 0 Å². The number of rotatable bonds is 14. The van der Waals surface area contributed by atoms with Gasteiger partial charge in [-0.05, 0) is 49.4 Å². The van der Waals surface area contributed by atoms with E-state index in [1.54, 1.807) is 60.7 Å². The van der Waals surface area contributed by atoms with E-state index >= 15 is 0 Å². The molecule has 23 heteroatoms. The van der Waals surface area contributed by atoms with Crippen molar-refractivity contribution < 1.29 is 81.2 Å². The lowest BCUT2D eigenvalue weighted by Gasteiger charge is -2.53. The molecule has 0 radical (unpaired) electrons. The summed E-state index contributed by atoms with van der Waals surface area (Å²) in [6.45, 7) is 8.22. The van der Waals surface area contributed by atoms with Crippen LogP contribution in [0.15, 0.2) is 84.9 Å². The standard InChI is InChI=1S/C49H49Cl4NO17Si/c1-24(55)64-38-36(54-42(56)30-31(43(54)57)33(51)35(53)34(52)32(30)50)46(67-29-23-63-45(68-37(29)38)25-17-19-26(61-3)20-18-25)69-39-40(71-48(59)66-28-15-11-8-12-16-28)49(2,60)41(44(58)65-27-13-9-7-10-14-27)70-47(39)62-21-22-72(4,5)6/h7-20,29,36-41,45-47,60H,21-23H2,1-6H3/t29-,36-,37-,38-,39-,40-,41-,45-,46+,47-,49+/m1/s1. The molecule has 4 aromatic rings. The predicted molar refractivity (Wildman–Crippen MR) is 259 cm³/mol. The lowest BCUT2D eigenvalue weighted by Crippen LogP contribution is -2.72. The van der Waals surface area contributed by atoms with Gasteiger partial charge in [0.25, 0.3) is 11.8 Å². The van der Waals surface area contributed by atoms with E-state index in [4.69, 9.17) is 98.5 Å². The Morgan fingerprint density at radius 3 is 1.89 bits per heavy atom. The number of hydrogen-bond acceptors (Lipinski definition) is 17. The van der Waals surface area contributed by atoms with E-state index < -0.39 is 126 Å². The highest BCUT2D eigenvalue weighted by Gasteiger charge is 2.64. The first kappa shape index (κ1) is 53.4. The summed E-state index contributed by atoms with van der Waals surface area (Å²) in [5.74, 6) is -3.49. The van der Waals surface area contributed by atoms with E-state index in [-0.39, 0.29) is 34.8 Å². The van der Waals surface area contributed by atoms with Gasteiger partial charge in [-0.1, -0.05) is 115 Å². The summed E-state index contributed by atoms with van der Waals surface area (Å²) in [4.78, 5) is 71.8. The molecule has 3 saturated heterocycles. The number of carbonyl (C=O) groups excluding carboxylic acids is 5. The normalized spacial score (nSPS) is 28.1. The van der Waals surface area contributed by atoms with Crippen LogP contribution < -0.4 is 14.2 Å². The fourth-order valence-corrected chi connectivity index (χ4v) is 10.3. The van der Waals surface area contributed by atoms with E-state index in [1.807, 2.05) is 0 Å². The molecule has 0 bridgehead atoms. The fourth-order valence-electron chi connectivity index (χ4n) is 8.57. The zero-order valence-electron chi connectivity index (χ0n) is 39.4. The van der Waals surface area contributed by atoms with Crippen LogP contribution >= 0.6 is 46.4 Å². The molecule has 2 amide bonds. The molecule has 4 aromatic carbocycles. The summed E-state index contributed by atoms with van der Waals surface area (Å²) in [5.41, 5.74) is -2.93. The van der Waals surface area contributed by atoms with Gasteiger partial charge in [0.2, 0.25) is 0 Å². The van der Waals surface area contributed by atoms with Crippen molar-refractivity contribution in [2.45, 2.75) is 107 Å². The van der Waals surface area contributed by atoms with E-state index in [1.165, 1.54) is 31.4 Å². The number of carbonyl (C=O) groups is 5. The number of amides is 2. The lowest BCUT2D eigenvalue weighted by molar-refractivity contribution is -0.385. The minimum Gasteiger partial charge on any atom is -0.497 e. The average Bonchev–Trinajstić information content (AvgIpc) is 3.60. The van der Waals surface area contributed by atoms with Crippen LogP contribution in [0.5, 0.6) is 17.2 Å². The Hall–Kier alpha value is -4.87. The summed E-state index contributed by atoms with van der Waals surface area (Å²) in [5, 5.41) is 11.2. The molecule has 4 aliphatic heterocycles. The summed E-state index contributed by atoms with van der Waals surface area (Å²) in [6.07, 6.45) is -16.2. The van der Waals surface area contributed by atoms with Gasteiger partial charge in [0, 0.05) is 27.2 Å².